The van der Waals surface area contributed by atoms with Gasteiger partial charge in [0.05, 0.1) is 17.4 Å². The molecular formula is C25H29N7O2S. The van der Waals surface area contributed by atoms with Crippen molar-refractivity contribution in [1.82, 2.24) is 24.9 Å². The summed E-state index contributed by atoms with van der Waals surface area (Å²) in [5, 5.41) is 16.7. The lowest BCUT2D eigenvalue weighted by molar-refractivity contribution is -0.123. The predicted octanol–water partition coefficient (Wildman–Crippen LogP) is 4.27. The third kappa shape index (κ3) is 5.41. The number of H-pyrrole nitrogens is 1. The smallest absolute Gasteiger partial charge is 0.277 e. The number of rotatable bonds is 6. The average Bonchev–Trinajstić information content (AvgIpc) is 3.54. The second-order valence-electron chi connectivity index (χ2n) is 9.78. The molecule has 2 amide bonds. The van der Waals surface area contributed by atoms with E-state index in [1.165, 1.54) is 17.4 Å². The third-order valence-corrected chi connectivity index (χ3v) is 7.06. The van der Waals surface area contributed by atoms with Crippen LogP contribution in [0.4, 0.5) is 5.69 Å². The van der Waals surface area contributed by atoms with Crippen LogP contribution in [-0.4, -0.2) is 37.4 Å². The van der Waals surface area contributed by atoms with Crippen LogP contribution < -0.4 is 10.2 Å². The van der Waals surface area contributed by atoms with E-state index in [2.05, 4.69) is 45.6 Å². The van der Waals surface area contributed by atoms with E-state index in [-0.39, 0.29) is 28.8 Å². The highest BCUT2D eigenvalue weighted by Gasteiger charge is 2.38. The zero-order valence-corrected chi connectivity index (χ0v) is 20.9. The fraction of sp³-hybridized carbons (Fsp3) is 0.440. The van der Waals surface area contributed by atoms with Crippen LogP contribution in [-0.2, 0) is 10.2 Å². The van der Waals surface area contributed by atoms with E-state index in [1.54, 1.807) is 0 Å². The Bertz CT molecular complexity index is 1200. The lowest BCUT2D eigenvalue weighted by Crippen LogP contribution is -2.47. The Balaban J connectivity index is 1.81. The number of imidazole rings is 1. The van der Waals surface area contributed by atoms with Crippen molar-refractivity contribution in [2.45, 2.75) is 70.4 Å². The van der Waals surface area contributed by atoms with Gasteiger partial charge in [-0.2, -0.15) is 5.26 Å². The molecule has 9 nitrogen and oxygen atoms in total. The average molecular weight is 492 g/mol. The van der Waals surface area contributed by atoms with E-state index in [9.17, 15) is 14.9 Å². The molecule has 3 aromatic rings. The molecule has 0 radical (unpaired) electrons. The fourth-order valence-corrected chi connectivity index (χ4v) is 5.04. The molecule has 2 N–H and O–H groups in total. The van der Waals surface area contributed by atoms with Gasteiger partial charge in [-0.05, 0) is 47.5 Å². The number of carbonyl (C=O) groups is 2. The zero-order chi connectivity index (χ0) is 25.0. The van der Waals surface area contributed by atoms with Gasteiger partial charge < -0.3 is 10.3 Å². The van der Waals surface area contributed by atoms with E-state index in [4.69, 9.17) is 0 Å². The molecule has 35 heavy (non-hydrogen) atoms. The normalized spacial score (nSPS) is 15.3. The van der Waals surface area contributed by atoms with Crippen molar-refractivity contribution in [3.8, 4) is 6.07 Å². The van der Waals surface area contributed by atoms with Crippen molar-refractivity contribution in [2.24, 2.45) is 0 Å². The summed E-state index contributed by atoms with van der Waals surface area (Å²) in [5.41, 5.74) is 1.81. The van der Waals surface area contributed by atoms with Crippen LogP contribution in [0.3, 0.4) is 0 Å². The van der Waals surface area contributed by atoms with Crippen molar-refractivity contribution in [3.05, 3.63) is 58.6 Å². The number of benzene rings is 1. The number of nitrogens with zero attached hydrogens (tertiary/aromatic N) is 5. The van der Waals surface area contributed by atoms with Gasteiger partial charge in [0, 0.05) is 11.7 Å². The van der Waals surface area contributed by atoms with E-state index in [0.29, 0.717) is 10.6 Å². The molecule has 1 aromatic carbocycles. The molecule has 1 fully saturated rings. The van der Waals surface area contributed by atoms with E-state index >= 15 is 0 Å². The largest absolute Gasteiger partial charge is 0.351 e. The summed E-state index contributed by atoms with van der Waals surface area (Å²) in [7, 11) is 0. The summed E-state index contributed by atoms with van der Waals surface area (Å²) in [6.07, 6.45) is 7.86. The number of hydrogen-bond acceptors (Lipinski definition) is 7. The monoisotopic (exact) mass is 491 g/mol. The second-order valence-corrected chi connectivity index (χ2v) is 10.6. The number of nitriles is 1. The predicted molar refractivity (Wildman–Crippen MR) is 133 cm³/mol. The summed E-state index contributed by atoms with van der Waals surface area (Å²) in [6, 6.07) is 8.50. The SMILES string of the molecule is CC(C)(C)c1ccc(N(C(=O)c2cnc[nH]2)C(C(=O)NC2CCCCC2)c2snnc2C#N)cc1. The highest BCUT2D eigenvalue weighted by molar-refractivity contribution is 7.06. The summed E-state index contributed by atoms with van der Waals surface area (Å²) in [5.74, 6) is -0.792. The van der Waals surface area contributed by atoms with Crippen LogP contribution in [0.25, 0.3) is 0 Å². The molecule has 2 aromatic heterocycles. The van der Waals surface area contributed by atoms with Gasteiger partial charge >= 0.3 is 0 Å². The first-order valence-corrected chi connectivity index (χ1v) is 12.5. The van der Waals surface area contributed by atoms with Gasteiger partial charge in [0.1, 0.15) is 11.8 Å². The van der Waals surface area contributed by atoms with E-state index in [0.717, 1.165) is 49.2 Å². The summed E-state index contributed by atoms with van der Waals surface area (Å²) in [6.45, 7) is 6.33. The molecule has 1 atom stereocenters. The Kier molecular flexibility index (Phi) is 7.26. The van der Waals surface area contributed by atoms with Gasteiger partial charge in [-0.15, -0.1) is 5.10 Å². The Hall–Kier alpha value is -3.58. The van der Waals surface area contributed by atoms with Gasteiger partial charge in [-0.1, -0.05) is 56.7 Å². The minimum Gasteiger partial charge on any atom is -0.351 e. The van der Waals surface area contributed by atoms with Crippen LogP contribution in [0.2, 0.25) is 0 Å². The van der Waals surface area contributed by atoms with Crippen molar-refractivity contribution in [3.63, 3.8) is 0 Å². The molecular weight excluding hydrogens is 462 g/mol. The molecule has 0 aliphatic heterocycles. The first-order valence-electron chi connectivity index (χ1n) is 11.7. The van der Waals surface area contributed by atoms with E-state index in [1.807, 2.05) is 30.3 Å². The number of anilines is 1. The van der Waals surface area contributed by atoms with Crippen molar-refractivity contribution < 1.29 is 9.59 Å². The molecule has 1 aliphatic carbocycles. The summed E-state index contributed by atoms with van der Waals surface area (Å²) < 4.78 is 3.92. The Morgan fingerprint density at radius 3 is 2.51 bits per heavy atom. The maximum atomic E-state index is 13.8. The number of carbonyl (C=O) groups excluding carboxylic acids is 2. The van der Waals surface area contributed by atoms with Crippen molar-refractivity contribution >= 4 is 29.0 Å². The van der Waals surface area contributed by atoms with Crippen LogP contribution in [0.5, 0.6) is 0 Å². The maximum absolute atomic E-state index is 13.8. The summed E-state index contributed by atoms with van der Waals surface area (Å²) in [4.78, 5) is 36.1. The number of aromatic amines is 1. The fourth-order valence-electron chi connectivity index (χ4n) is 4.34. The van der Waals surface area contributed by atoms with E-state index < -0.39 is 11.9 Å². The number of amides is 2. The highest BCUT2D eigenvalue weighted by atomic mass is 32.1. The molecule has 1 aliphatic rings. The third-order valence-electron chi connectivity index (χ3n) is 6.28. The van der Waals surface area contributed by atoms with Gasteiger partial charge in [0.2, 0.25) is 5.91 Å². The molecule has 0 bridgehead atoms. The Morgan fingerprint density at radius 2 is 1.91 bits per heavy atom. The van der Waals surface area contributed by atoms with Crippen molar-refractivity contribution in [1.29, 1.82) is 5.26 Å². The van der Waals surface area contributed by atoms with Gasteiger partial charge in [0.25, 0.3) is 5.91 Å². The van der Waals surface area contributed by atoms with Crippen LogP contribution in [0, 0.1) is 11.3 Å². The second kappa shape index (κ2) is 10.4. The molecule has 2 heterocycles. The summed E-state index contributed by atoms with van der Waals surface area (Å²) >= 11 is 0.953. The number of aromatic nitrogens is 4. The quantitative estimate of drug-likeness (QED) is 0.530. The number of hydrogen-bond donors (Lipinski definition) is 2. The first kappa shape index (κ1) is 24.5. The minimum atomic E-state index is -1.11. The van der Waals surface area contributed by atoms with Gasteiger partial charge in [-0.3, -0.25) is 14.5 Å². The molecule has 182 valence electrons. The molecule has 1 saturated carbocycles. The lowest BCUT2D eigenvalue weighted by Gasteiger charge is -2.32. The Labute approximate surface area is 208 Å². The van der Waals surface area contributed by atoms with Gasteiger partial charge in [0.15, 0.2) is 11.7 Å². The zero-order valence-electron chi connectivity index (χ0n) is 20.1. The highest BCUT2D eigenvalue weighted by Crippen LogP contribution is 2.34. The standard InChI is InChI=1S/C25H29N7O2S/c1-25(2,3)16-9-11-18(12-10-16)32(24(34)20-14-27-15-28-20)21(22-19(13-26)30-31-35-22)23(33)29-17-7-5-4-6-8-17/h9-12,14-15,17,21H,4-8H2,1-3H3,(H,27,28)(H,29,33). The van der Waals surface area contributed by atoms with Crippen LogP contribution in [0.15, 0.2) is 36.8 Å². The Morgan fingerprint density at radius 1 is 1.20 bits per heavy atom. The number of nitrogens with one attached hydrogen (secondary N) is 2. The molecule has 10 heteroatoms. The molecule has 0 spiro atoms. The molecule has 4 rings (SSSR count). The molecule has 1 unspecified atom stereocenters. The lowest BCUT2D eigenvalue weighted by atomic mass is 9.87. The van der Waals surface area contributed by atoms with Crippen LogP contribution >= 0.6 is 11.5 Å². The van der Waals surface area contributed by atoms with Crippen LogP contribution in [0.1, 0.15) is 85.5 Å². The van der Waals surface area contributed by atoms with Gasteiger partial charge in [-0.25, -0.2) is 4.98 Å². The minimum absolute atomic E-state index is 0.0255. The van der Waals surface area contributed by atoms with Crippen molar-refractivity contribution in [2.75, 3.05) is 4.90 Å². The topological polar surface area (TPSA) is 128 Å². The molecule has 0 saturated heterocycles. The maximum Gasteiger partial charge on any atom is 0.277 e. The first-order chi connectivity index (χ1) is 16.8.